The van der Waals surface area contributed by atoms with Gasteiger partial charge in [0.2, 0.25) is 5.91 Å². The van der Waals surface area contributed by atoms with Gasteiger partial charge >= 0.3 is 6.09 Å². The zero-order valence-corrected chi connectivity index (χ0v) is 26.8. The standard InChI is InChI=1S/C34H45F2N3O6/c1-6-23-25(19-40)39-18-28(23)44-27-17-21-16-22(43-5)13-14-24(21)37-29(27)34(35,36)15-8-7-10-20-11-9-12-26(20)45-32(42)38-30(31(39)41)33(2,3)4/h13-14,16-17,19-20,23,25-26,28,30H,6-12,15,18H2,1-5H3,(H,38,42)/t20-,23+,25-,26-,28+,30-/m1/s1. The number of fused-ring (bicyclic) bond motifs is 5. The Bertz CT molecular complexity index is 1410. The summed E-state index contributed by atoms with van der Waals surface area (Å²) in [6, 6.07) is 4.73. The van der Waals surface area contributed by atoms with E-state index in [0.29, 0.717) is 48.6 Å². The highest BCUT2D eigenvalue weighted by molar-refractivity contribution is 5.89. The van der Waals surface area contributed by atoms with Crippen LogP contribution in [0, 0.1) is 17.3 Å². The van der Waals surface area contributed by atoms with E-state index in [-0.39, 0.29) is 30.7 Å². The van der Waals surface area contributed by atoms with Crippen LogP contribution >= 0.6 is 0 Å². The van der Waals surface area contributed by atoms with Crippen LogP contribution in [0.3, 0.4) is 0 Å². The van der Waals surface area contributed by atoms with Gasteiger partial charge in [-0.05, 0) is 74.1 Å². The van der Waals surface area contributed by atoms with E-state index in [0.717, 1.165) is 12.8 Å². The number of methoxy groups -OCH3 is 1. The van der Waals surface area contributed by atoms with Gasteiger partial charge in [0.25, 0.3) is 5.92 Å². The van der Waals surface area contributed by atoms with Crippen molar-refractivity contribution in [3.8, 4) is 11.5 Å². The fourth-order valence-corrected chi connectivity index (χ4v) is 7.18. The summed E-state index contributed by atoms with van der Waals surface area (Å²) in [5.74, 6) is -3.68. The number of alkyl carbamates (subject to hydrolysis) is 1. The second-order valence-corrected chi connectivity index (χ2v) is 13.8. The molecule has 3 aliphatic rings. The molecule has 2 aromatic rings. The van der Waals surface area contributed by atoms with Crippen molar-refractivity contribution in [2.45, 2.75) is 109 Å². The van der Waals surface area contributed by atoms with Crippen LogP contribution in [0.25, 0.3) is 10.9 Å². The van der Waals surface area contributed by atoms with Gasteiger partial charge in [0.1, 0.15) is 36.0 Å². The molecule has 1 aromatic carbocycles. The van der Waals surface area contributed by atoms with Gasteiger partial charge in [-0.25, -0.2) is 9.78 Å². The third-order valence-electron chi connectivity index (χ3n) is 9.70. The Morgan fingerprint density at radius 3 is 2.53 bits per heavy atom. The molecule has 1 N–H and O–H groups in total. The second kappa shape index (κ2) is 13.1. The number of hydrogen-bond acceptors (Lipinski definition) is 7. The number of pyridine rings is 1. The lowest BCUT2D eigenvalue weighted by molar-refractivity contribution is -0.139. The molecule has 2 fully saturated rings. The number of carbonyl (C=O) groups excluding carboxylic acids is 3. The number of ether oxygens (including phenoxy) is 3. The molecule has 45 heavy (non-hydrogen) atoms. The normalized spacial score (nSPS) is 29.4. The lowest BCUT2D eigenvalue weighted by atomic mass is 9.85. The number of benzene rings is 1. The molecule has 0 unspecified atom stereocenters. The Kier molecular flexibility index (Phi) is 9.56. The maximum absolute atomic E-state index is 16.1. The van der Waals surface area contributed by atoms with Crippen LogP contribution in [0.2, 0.25) is 0 Å². The van der Waals surface area contributed by atoms with Gasteiger partial charge in [-0.15, -0.1) is 0 Å². The van der Waals surface area contributed by atoms with Crippen molar-refractivity contribution in [1.29, 1.82) is 0 Å². The summed E-state index contributed by atoms with van der Waals surface area (Å²) in [4.78, 5) is 45.6. The Morgan fingerprint density at radius 2 is 1.84 bits per heavy atom. The van der Waals surface area contributed by atoms with E-state index in [1.807, 2.05) is 27.7 Å². The summed E-state index contributed by atoms with van der Waals surface area (Å²) >= 11 is 0. The molecule has 2 bridgehead atoms. The number of halogens is 2. The van der Waals surface area contributed by atoms with Gasteiger partial charge in [0.05, 0.1) is 25.2 Å². The summed E-state index contributed by atoms with van der Waals surface area (Å²) in [5.41, 5.74) is -0.780. The van der Waals surface area contributed by atoms with E-state index in [9.17, 15) is 14.4 Å². The number of alkyl halides is 2. The van der Waals surface area contributed by atoms with E-state index < -0.39 is 59.6 Å². The summed E-state index contributed by atoms with van der Waals surface area (Å²) < 4.78 is 49.7. The summed E-state index contributed by atoms with van der Waals surface area (Å²) in [6.45, 7) is 7.35. The van der Waals surface area contributed by atoms with Gasteiger partial charge in [0, 0.05) is 17.7 Å². The SMILES string of the molecule is CC[C@@H]1[C@@H]2CN(C(=O)[C@H](C(C)(C)C)NC(=O)O[C@@H]3CCC[C@H]3CCCCC(F)(F)c3nc4ccc(OC)cc4cc3O2)[C@@H]1C=O. The number of aromatic nitrogens is 1. The highest BCUT2D eigenvalue weighted by Crippen LogP contribution is 2.43. The molecule has 1 saturated heterocycles. The van der Waals surface area contributed by atoms with Crippen molar-refractivity contribution < 1.29 is 37.4 Å². The Labute approximate surface area is 263 Å². The molecule has 0 spiro atoms. The highest BCUT2D eigenvalue weighted by atomic mass is 19.3. The number of aldehydes is 1. The van der Waals surface area contributed by atoms with Crippen LogP contribution in [0.15, 0.2) is 24.3 Å². The number of nitrogens with zero attached hydrogens (tertiary/aromatic N) is 2. The van der Waals surface area contributed by atoms with Crippen LogP contribution in [0.5, 0.6) is 11.5 Å². The van der Waals surface area contributed by atoms with E-state index in [1.54, 1.807) is 24.3 Å². The zero-order valence-electron chi connectivity index (χ0n) is 26.8. The summed E-state index contributed by atoms with van der Waals surface area (Å²) in [5, 5.41) is 3.38. The van der Waals surface area contributed by atoms with Gasteiger partial charge < -0.3 is 29.2 Å². The van der Waals surface area contributed by atoms with Crippen LogP contribution in [-0.2, 0) is 20.2 Å². The van der Waals surface area contributed by atoms with Crippen LogP contribution in [-0.4, -0.2) is 66.1 Å². The predicted molar refractivity (Wildman–Crippen MR) is 164 cm³/mol. The van der Waals surface area contributed by atoms with Gasteiger partial charge in [-0.1, -0.05) is 34.1 Å². The second-order valence-electron chi connectivity index (χ2n) is 13.8. The fourth-order valence-electron chi connectivity index (χ4n) is 7.18. The molecule has 246 valence electrons. The topological polar surface area (TPSA) is 107 Å². The molecule has 2 amide bonds. The Hall–Kier alpha value is -3.50. The van der Waals surface area contributed by atoms with Gasteiger partial charge in [0.15, 0.2) is 5.69 Å². The van der Waals surface area contributed by atoms with Crippen molar-refractivity contribution in [2.24, 2.45) is 17.3 Å². The van der Waals surface area contributed by atoms with E-state index in [4.69, 9.17) is 14.2 Å². The predicted octanol–water partition coefficient (Wildman–Crippen LogP) is 6.40. The monoisotopic (exact) mass is 629 g/mol. The number of carbonyl (C=O) groups is 3. The molecule has 0 radical (unpaired) electrons. The van der Waals surface area contributed by atoms with Crippen LogP contribution in [0.4, 0.5) is 13.6 Å². The average Bonchev–Trinajstić information content (AvgIpc) is 3.59. The van der Waals surface area contributed by atoms with Gasteiger partial charge in [-0.2, -0.15) is 8.78 Å². The first kappa shape index (κ1) is 32.9. The van der Waals surface area contributed by atoms with E-state index in [1.165, 1.54) is 12.0 Å². The molecule has 3 heterocycles. The van der Waals surface area contributed by atoms with Crippen molar-refractivity contribution in [3.63, 3.8) is 0 Å². The molecule has 1 aromatic heterocycles. The fraction of sp³-hybridized carbons (Fsp3) is 0.647. The lowest BCUT2D eigenvalue weighted by Gasteiger charge is -2.35. The number of amides is 2. The maximum atomic E-state index is 16.1. The molecule has 6 atom stereocenters. The van der Waals surface area contributed by atoms with Crippen molar-refractivity contribution in [2.75, 3.05) is 13.7 Å². The summed E-state index contributed by atoms with van der Waals surface area (Å²) in [7, 11) is 1.52. The first-order valence-corrected chi connectivity index (χ1v) is 16.1. The summed E-state index contributed by atoms with van der Waals surface area (Å²) in [6.07, 6.45) is 2.81. The van der Waals surface area contributed by atoms with Crippen molar-refractivity contribution in [1.82, 2.24) is 15.2 Å². The number of hydrogen-bond donors (Lipinski definition) is 1. The lowest BCUT2D eigenvalue weighted by Crippen LogP contribution is -2.56. The smallest absolute Gasteiger partial charge is 0.408 e. The molecular weight excluding hydrogens is 584 g/mol. The maximum Gasteiger partial charge on any atom is 0.408 e. The molecule has 1 aliphatic carbocycles. The van der Waals surface area contributed by atoms with E-state index >= 15 is 8.78 Å². The zero-order chi connectivity index (χ0) is 32.5. The number of rotatable bonds is 3. The minimum absolute atomic E-state index is 0.0179. The van der Waals surface area contributed by atoms with Crippen LogP contribution in [0.1, 0.15) is 84.8 Å². The third kappa shape index (κ3) is 6.87. The quantitative estimate of drug-likeness (QED) is 0.392. The molecule has 11 heteroatoms. The highest BCUT2D eigenvalue weighted by Gasteiger charge is 2.49. The number of nitrogens with one attached hydrogen (secondary N) is 1. The first-order chi connectivity index (χ1) is 21.4. The van der Waals surface area contributed by atoms with Crippen molar-refractivity contribution >= 4 is 29.2 Å². The Morgan fingerprint density at radius 1 is 1.09 bits per heavy atom. The van der Waals surface area contributed by atoms with Crippen molar-refractivity contribution in [3.05, 3.63) is 30.0 Å². The van der Waals surface area contributed by atoms with E-state index in [2.05, 4.69) is 10.3 Å². The largest absolute Gasteiger partial charge is 0.497 e. The molecule has 2 aliphatic heterocycles. The Balaban J connectivity index is 1.58. The molecule has 5 rings (SSSR count). The minimum atomic E-state index is -3.29. The van der Waals surface area contributed by atoms with Crippen LogP contribution < -0.4 is 14.8 Å². The molecule has 9 nitrogen and oxygen atoms in total. The molecular formula is C34H45F2N3O6. The van der Waals surface area contributed by atoms with Gasteiger partial charge in [-0.3, -0.25) is 4.79 Å². The first-order valence-electron chi connectivity index (χ1n) is 16.1. The minimum Gasteiger partial charge on any atom is -0.497 e. The molecule has 1 saturated carbocycles. The average molecular weight is 630 g/mol. The third-order valence-corrected chi connectivity index (χ3v) is 9.70.